The monoisotopic (exact) mass is 319 g/mol. The Labute approximate surface area is 140 Å². The number of para-hydroxylation sites is 1. The Bertz CT molecular complexity index is 814. The maximum Gasteiger partial charge on any atom is 0.255 e. The molecule has 0 heterocycles. The van der Waals surface area contributed by atoms with Crippen LogP contribution in [0.25, 0.3) is 0 Å². The molecule has 0 saturated carbocycles. The number of carbonyl (C=O) groups excluding carboxylic acids is 1. The summed E-state index contributed by atoms with van der Waals surface area (Å²) in [5.74, 6) is 1.94. The van der Waals surface area contributed by atoms with E-state index in [1.54, 1.807) is 43.5 Å². The molecule has 120 valence electrons. The summed E-state index contributed by atoms with van der Waals surface area (Å²) in [5, 5.41) is 2.85. The van der Waals surface area contributed by atoms with Gasteiger partial charge in [0.15, 0.2) is 0 Å². The maximum atomic E-state index is 12.3. The van der Waals surface area contributed by atoms with Crippen molar-refractivity contribution in [1.29, 1.82) is 0 Å². The average molecular weight is 319 g/mol. The largest absolute Gasteiger partial charge is 0.497 e. The van der Waals surface area contributed by atoms with Crippen LogP contribution < -0.4 is 14.8 Å². The molecule has 24 heavy (non-hydrogen) atoms. The molecule has 0 bridgehead atoms. The first-order chi connectivity index (χ1) is 11.7. The van der Waals surface area contributed by atoms with Gasteiger partial charge in [-0.2, -0.15) is 0 Å². The van der Waals surface area contributed by atoms with E-state index in [9.17, 15) is 4.79 Å². The van der Waals surface area contributed by atoms with Crippen LogP contribution in [0.4, 0.5) is 5.69 Å². The molecule has 3 aromatic rings. The van der Waals surface area contributed by atoms with E-state index >= 15 is 0 Å². The summed E-state index contributed by atoms with van der Waals surface area (Å²) in [4.78, 5) is 12.3. The molecule has 0 radical (unpaired) electrons. The van der Waals surface area contributed by atoms with Gasteiger partial charge in [0.1, 0.15) is 17.2 Å². The van der Waals surface area contributed by atoms with Gasteiger partial charge in [0.25, 0.3) is 5.91 Å². The van der Waals surface area contributed by atoms with Crippen molar-refractivity contribution in [3.05, 3.63) is 84.4 Å². The van der Waals surface area contributed by atoms with Gasteiger partial charge >= 0.3 is 0 Å². The van der Waals surface area contributed by atoms with E-state index < -0.39 is 0 Å². The van der Waals surface area contributed by atoms with Gasteiger partial charge < -0.3 is 14.8 Å². The van der Waals surface area contributed by atoms with Gasteiger partial charge in [-0.05, 0) is 54.6 Å². The highest BCUT2D eigenvalue weighted by Crippen LogP contribution is 2.23. The van der Waals surface area contributed by atoms with Gasteiger partial charge in [0.05, 0.1) is 7.11 Å². The van der Waals surface area contributed by atoms with E-state index in [0.717, 1.165) is 5.75 Å². The highest BCUT2D eigenvalue weighted by molar-refractivity contribution is 6.04. The fourth-order valence-corrected chi connectivity index (χ4v) is 2.20. The second-order valence-electron chi connectivity index (χ2n) is 5.13. The highest BCUT2D eigenvalue weighted by atomic mass is 16.5. The summed E-state index contributed by atoms with van der Waals surface area (Å²) in [5.41, 5.74) is 1.24. The number of rotatable bonds is 5. The molecular weight excluding hydrogens is 302 g/mol. The van der Waals surface area contributed by atoms with Gasteiger partial charge in [-0.15, -0.1) is 0 Å². The van der Waals surface area contributed by atoms with Crippen molar-refractivity contribution in [2.24, 2.45) is 0 Å². The summed E-state index contributed by atoms with van der Waals surface area (Å²) in [6.45, 7) is 0. The number of anilines is 1. The van der Waals surface area contributed by atoms with E-state index in [1.165, 1.54) is 0 Å². The molecular formula is C20H17NO3. The van der Waals surface area contributed by atoms with Crippen LogP contribution in [0.1, 0.15) is 10.4 Å². The number of ether oxygens (including phenoxy) is 2. The normalized spacial score (nSPS) is 10.0. The van der Waals surface area contributed by atoms with Crippen molar-refractivity contribution in [3.8, 4) is 17.2 Å². The minimum Gasteiger partial charge on any atom is -0.497 e. The van der Waals surface area contributed by atoms with Crippen molar-refractivity contribution >= 4 is 11.6 Å². The number of hydrogen-bond acceptors (Lipinski definition) is 3. The Morgan fingerprint density at radius 3 is 2.17 bits per heavy atom. The third kappa shape index (κ3) is 3.93. The maximum absolute atomic E-state index is 12.3. The molecule has 0 aromatic heterocycles. The van der Waals surface area contributed by atoms with E-state index in [1.807, 2.05) is 42.5 Å². The topological polar surface area (TPSA) is 47.6 Å². The van der Waals surface area contributed by atoms with E-state index in [2.05, 4.69) is 5.32 Å². The highest BCUT2D eigenvalue weighted by Gasteiger charge is 2.07. The Morgan fingerprint density at radius 1 is 0.792 bits per heavy atom. The Hall–Kier alpha value is -3.27. The van der Waals surface area contributed by atoms with Gasteiger partial charge in [0.2, 0.25) is 0 Å². The number of carbonyl (C=O) groups is 1. The molecule has 0 fully saturated rings. The first-order valence-corrected chi connectivity index (χ1v) is 7.53. The summed E-state index contributed by atoms with van der Waals surface area (Å²) in [7, 11) is 1.57. The van der Waals surface area contributed by atoms with Gasteiger partial charge in [-0.25, -0.2) is 0 Å². The van der Waals surface area contributed by atoms with E-state index in [0.29, 0.717) is 22.7 Å². The molecule has 3 rings (SSSR count). The number of methoxy groups -OCH3 is 1. The Kier molecular flexibility index (Phi) is 4.77. The second-order valence-corrected chi connectivity index (χ2v) is 5.13. The van der Waals surface area contributed by atoms with Gasteiger partial charge in [0, 0.05) is 11.3 Å². The smallest absolute Gasteiger partial charge is 0.255 e. The molecule has 4 heteroatoms. The lowest BCUT2D eigenvalue weighted by atomic mass is 10.2. The SMILES string of the molecule is COc1cccc(C(=O)Nc2ccc(Oc3ccccc3)cc2)c1. The molecule has 0 unspecified atom stereocenters. The van der Waals surface area contributed by atoms with Crippen LogP contribution in [-0.4, -0.2) is 13.0 Å². The summed E-state index contributed by atoms with van der Waals surface area (Å²) < 4.78 is 10.9. The molecule has 0 saturated heterocycles. The minimum absolute atomic E-state index is 0.189. The van der Waals surface area contributed by atoms with Crippen LogP contribution in [0.3, 0.4) is 0 Å². The molecule has 0 spiro atoms. The van der Waals surface area contributed by atoms with Crippen molar-refractivity contribution in [2.75, 3.05) is 12.4 Å². The standard InChI is InChI=1S/C20H17NO3/c1-23-19-9-5-6-15(14-19)20(22)21-16-10-12-18(13-11-16)24-17-7-3-2-4-8-17/h2-14H,1H3,(H,21,22). The first kappa shape index (κ1) is 15.6. The predicted octanol–water partition coefficient (Wildman–Crippen LogP) is 4.74. The zero-order valence-corrected chi connectivity index (χ0v) is 13.2. The van der Waals surface area contributed by atoms with Crippen molar-refractivity contribution < 1.29 is 14.3 Å². The number of hydrogen-bond donors (Lipinski definition) is 1. The number of amides is 1. The third-order valence-corrected chi connectivity index (χ3v) is 3.42. The average Bonchev–Trinajstić information content (AvgIpc) is 2.64. The summed E-state index contributed by atoms with van der Waals surface area (Å²) in [6, 6.07) is 23.8. The van der Waals surface area contributed by atoms with E-state index in [4.69, 9.17) is 9.47 Å². The quantitative estimate of drug-likeness (QED) is 0.739. The molecule has 0 atom stereocenters. The van der Waals surface area contributed by atoms with Crippen LogP contribution in [-0.2, 0) is 0 Å². The van der Waals surface area contributed by atoms with Crippen molar-refractivity contribution in [2.45, 2.75) is 0 Å². The van der Waals surface area contributed by atoms with Crippen LogP contribution in [0.5, 0.6) is 17.2 Å². The molecule has 0 aliphatic rings. The third-order valence-electron chi connectivity index (χ3n) is 3.42. The molecule has 1 amide bonds. The fourth-order valence-electron chi connectivity index (χ4n) is 2.20. The molecule has 1 N–H and O–H groups in total. The zero-order valence-electron chi connectivity index (χ0n) is 13.2. The van der Waals surface area contributed by atoms with Crippen LogP contribution in [0.2, 0.25) is 0 Å². The molecule has 0 aliphatic heterocycles. The van der Waals surface area contributed by atoms with Crippen LogP contribution in [0, 0.1) is 0 Å². The Morgan fingerprint density at radius 2 is 1.46 bits per heavy atom. The summed E-state index contributed by atoms with van der Waals surface area (Å²) >= 11 is 0. The Balaban J connectivity index is 1.66. The lowest BCUT2D eigenvalue weighted by Crippen LogP contribution is -2.11. The fraction of sp³-hybridized carbons (Fsp3) is 0.0500. The van der Waals surface area contributed by atoms with Gasteiger partial charge in [-0.1, -0.05) is 24.3 Å². The molecule has 0 aliphatic carbocycles. The van der Waals surface area contributed by atoms with Crippen LogP contribution >= 0.6 is 0 Å². The number of benzene rings is 3. The number of nitrogens with one attached hydrogen (secondary N) is 1. The van der Waals surface area contributed by atoms with E-state index in [-0.39, 0.29) is 5.91 Å². The lowest BCUT2D eigenvalue weighted by Gasteiger charge is -2.09. The van der Waals surface area contributed by atoms with Crippen molar-refractivity contribution in [1.82, 2.24) is 0 Å². The predicted molar refractivity (Wildman–Crippen MR) is 93.9 cm³/mol. The summed E-state index contributed by atoms with van der Waals surface area (Å²) in [6.07, 6.45) is 0. The first-order valence-electron chi connectivity index (χ1n) is 7.53. The van der Waals surface area contributed by atoms with Gasteiger partial charge in [-0.3, -0.25) is 4.79 Å². The van der Waals surface area contributed by atoms with Crippen molar-refractivity contribution in [3.63, 3.8) is 0 Å². The lowest BCUT2D eigenvalue weighted by molar-refractivity contribution is 0.102. The second kappa shape index (κ2) is 7.33. The molecule has 3 aromatic carbocycles. The van der Waals surface area contributed by atoms with Crippen LogP contribution in [0.15, 0.2) is 78.9 Å². The zero-order chi connectivity index (χ0) is 16.8. The minimum atomic E-state index is -0.189. The molecule has 4 nitrogen and oxygen atoms in total.